The summed E-state index contributed by atoms with van der Waals surface area (Å²) in [6.45, 7) is 4.97. The largest absolute Gasteiger partial charge is 0.399 e. The van der Waals surface area contributed by atoms with Gasteiger partial charge in [0, 0.05) is 24.3 Å². The molecule has 1 fully saturated rings. The fraction of sp³-hybridized carbons (Fsp3) is 0.692. The van der Waals surface area contributed by atoms with Gasteiger partial charge in [0.05, 0.1) is 13.2 Å². The minimum Gasteiger partial charge on any atom is -0.399 e. The molecule has 1 aliphatic carbocycles. The Morgan fingerprint density at radius 1 is 1.35 bits per heavy atom. The lowest BCUT2D eigenvalue weighted by atomic mass is 9.87. The lowest BCUT2D eigenvalue weighted by Crippen LogP contribution is -2.41. The van der Waals surface area contributed by atoms with Crippen molar-refractivity contribution in [3.05, 3.63) is 23.9 Å². The van der Waals surface area contributed by atoms with E-state index in [9.17, 15) is 0 Å². The Balaban J connectivity index is 1.69. The summed E-state index contributed by atoms with van der Waals surface area (Å²) in [4.78, 5) is 2.45. The SMILES string of the molecule is NC1=CCC(N)(CCCN2CCOCC2)C=C1. The first-order chi connectivity index (χ1) is 8.18. The zero-order chi connectivity index (χ0) is 12.1. The molecule has 0 amide bonds. The molecule has 0 spiro atoms. The summed E-state index contributed by atoms with van der Waals surface area (Å²) in [5.74, 6) is 0. The number of nitrogens with zero attached hydrogens (tertiary/aromatic N) is 1. The van der Waals surface area contributed by atoms with E-state index in [1.807, 2.05) is 12.2 Å². The van der Waals surface area contributed by atoms with E-state index in [4.69, 9.17) is 16.2 Å². The molecule has 2 aliphatic rings. The van der Waals surface area contributed by atoms with Crippen LogP contribution in [0, 0.1) is 0 Å². The number of hydrogen-bond donors (Lipinski definition) is 2. The highest BCUT2D eigenvalue weighted by Gasteiger charge is 2.22. The highest BCUT2D eigenvalue weighted by Crippen LogP contribution is 2.22. The normalized spacial score (nSPS) is 30.3. The first-order valence-corrected chi connectivity index (χ1v) is 6.42. The van der Waals surface area contributed by atoms with Gasteiger partial charge in [-0.05, 0) is 31.9 Å². The molecule has 0 bridgehead atoms. The summed E-state index contributed by atoms with van der Waals surface area (Å²) in [6, 6.07) is 0. The van der Waals surface area contributed by atoms with Crippen molar-refractivity contribution in [2.75, 3.05) is 32.8 Å². The Bertz CT molecular complexity index is 308. The van der Waals surface area contributed by atoms with Crippen LogP contribution in [0.1, 0.15) is 19.3 Å². The van der Waals surface area contributed by atoms with Crippen LogP contribution < -0.4 is 11.5 Å². The minimum atomic E-state index is -0.185. The van der Waals surface area contributed by atoms with Gasteiger partial charge in [0.25, 0.3) is 0 Å². The molecule has 1 atom stereocenters. The quantitative estimate of drug-likeness (QED) is 0.751. The summed E-state index contributed by atoms with van der Waals surface area (Å²) in [7, 11) is 0. The number of ether oxygens (including phenoxy) is 1. The molecule has 0 aromatic rings. The number of morpholine rings is 1. The number of hydrogen-bond acceptors (Lipinski definition) is 4. The lowest BCUT2D eigenvalue weighted by Gasteiger charge is -2.30. The van der Waals surface area contributed by atoms with Gasteiger partial charge in [-0.3, -0.25) is 4.90 Å². The van der Waals surface area contributed by atoms with E-state index in [2.05, 4.69) is 11.0 Å². The van der Waals surface area contributed by atoms with Crippen molar-refractivity contribution >= 4 is 0 Å². The highest BCUT2D eigenvalue weighted by molar-refractivity contribution is 5.26. The van der Waals surface area contributed by atoms with Gasteiger partial charge in [-0.25, -0.2) is 0 Å². The number of allylic oxidation sites excluding steroid dienone is 1. The van der Waals surface area contributed by atoms with Crippen LogP contribution in [0.25, 0.3) is 0 Å². The van der Waals surface area contributed by atoms with Crippen LogP contribution in [-0.4, -0.2) is 43.3 Å². The fourth-order valence-corrected chi connectivity index (χ4v) is 2.35. The van der Waals surface area contributed by atoms with Crippen molar-refractivity contribution < 1.29 is 4.74 Å². The average molecular weight is 237 g/mol. The van der Waals surface area contributed by atoms with E-state index >= 15 is 0 Å². The Labute approximate surface area is 103 Å². The van der Waals surface area contributed by atoms with E-state index in [1.54, 1.807) is 0 Å². The molecule has 1 aliphatic heterocycles. The molecule has 1 unspecified atom stereocenters. The second-order valence-electron chi connectivity index (χ2n) is 5.03. The van der Waals surface area contributed by atoms with Crippen molar-refractivity contribution in [3.63, 3.8) is 0 Å². The monoisotopic (exact) mass is 237 g/mol. The van der Waals surface area contributed by atoms with Crippen molar-refractivity contribution in [1.82, 2.24) is 4.90 Å². The second kappa shape index (κ2) is 5.67. The Hall–Kier alpha value is -0.840. The van der Waals surface area contributed by atoms with Gasteiger partial charge in [0.1, 0.15) is 0 Å². The maximum atomic E-state index is 6.31. The highest BCUT2D eigenvalue weighted by atomic mass is 16.5. The van der Waals surface area contributed by atoms with Gasteiger partial charge in [0.2, 0.25) is 0 Å². The first-order valence-electron chi connectivity index (χ1n) is 6.42. The first kappa shape index (κ1) is 12.6. The second-order valence-corrected chi connectivity index (χ2v) is 5.03. The third kappa shape index (κ3) is 3.84. The van der Waals surface area contributed by atoms with Gasteiger partial charge in [-0.2, -0.15) is 0 Å². The molecular formula is C13H23N3O. The van der Waals surface area contributed by atoms with Gasteiger partial charge in [0.15, 0.2) is 0 Å². The lowest BCUT2D eigenvalue weighted by molar-refractivity contribution is 0.0367. The van der Waals surface area contributed by atoms with E-state index in [0.29, 0.717) is 0 Å². The topological polar surface area (TPSA) is 64.5 Å². The van der Waals surface area contributed by atoms with Gasteiger partial charge in [-0.15, -0.1) is 0 Å². The van der Waals surface area contributed by atoms with Crippen LogP contribution in [0.4, 0.5) is 0 Å². The van der Waals surface area contributed by atoms with E-state index in [-0.39, 0.29) is 5.54 Å². The molecule has 4 nitrogen and oxygen atoms in total. The Kier molecular flexibility index (Phi) is 4.20. The molecule has 0 radical (unpaired) electrons. The zero-order valence-electron chi connectivity index (χ0n) is 10.4. The van der Waals surface area contributed by atoms with Crippen LogP contribution in [0.3, 0.4) is 0 Å². The molecule has 96 valence electrons. The molecule has 0 aromatic carbocycles. The van der Waals surface area contributed by atoms with Crippen LogP contribution in [0.15, 0.2) is 23.9 Å². The van der Waals surface area contributed by atoms with Gasteiger partial charge < -0.3 is 16.2 Å². The Morgan fingerprint density at radius 2 is 2.12 bits per heavy atom. The third-order valence-electron chi connectivity index (χ3n) is 3.55. The van der Waals surface area contributed by atoms with E-state index in [1.165, 1.54) is 0 Å². The Morgan fingerprint density at radius 3 is 2.76 bits per heavy atom. The van der Waals surface area contributed by atoms with E-state index < -0.39 is 0 Å². The third-order valence-corrected chi connectivity index (χ3v) is 3.55. The van der Waals surface area contributed by atoms with Gasteiger partial charge in [-0.1, -0.05) is 12.2 Å². The van der Waals surface area contributed by atoms with Crippen LogP contribution in [0.2, 0.25) is 0 Å². The van der Waals surface area contributed by atoms with Gasteiger partial charge >= 0.3 is 0 Å². The molecule has 2 rings (SSSR count). The fourth-order valence-electron chi connectivity index (χ4n) is 2.35. The molecule has 4 N–H and O–H groups in total. The molecular weight excluding hydrogens is 214 g/mol. The standard InChI is InChI=1S/C13H23N3O/c14-12-2-5-13(15,6-3-12)4-1-7-16-8-10-17-11-9-16/h2-3,5H,1,4,6-11,14-15H2. The zero-order valence-corrected chi connectivity index (χ0v) is 10.4. The summed E-state index contributed by atoms with van der Waals surface area (Å²) < 4.78 is 5.33. The minimum absolute atomic E-state index is 0.185. The molecule has 0 saturated carbocycles. The summed E-state index contributed by atoms with van der Waals surface area (Å²) in [6.07, 6.45) is 9.02. The van der Waals surface area contributed by atoms with Crippen molar-refractivity contribution in [2.45, 2.75) is 24.8 Å². The summed E-state index contributed by atoms with van der Waals surface area (Å²) >= 11 is 0. The summed E-state index contributed by atoms with van der Waals surface area (Å²) in [5, 5.41) is 0. The van der Waals surface area contributed by atoms with Crippen molar-refractivity contribution in [3.8, 4) is 0 Å². The average Bonchev–Trinajstić information content (AvgIpc) is 2.35. The van der Waals surface area contributed by atoms with Crippen molar-refractivity contribution in [2.24, 2.45) is 11.5 Å². The van der Waals surface area contributed by atoms with Crippen LogP contribution in [0.5, 0.6) is 0 Å². The maximum absolute atomic E-state index is 6.31. The van der Waals surface area contributed by atoms with E-state index in [0.717, 1.165) is 57.8 Å². The maximum Gasteiger partial charge on any atom is 0.0594 e. The predicted octanol–water partition coefficient (Wildman–Crippen LogP) is 0.599. The van der Waals surface area contributed by atoms with Crippen LogP contribution in [-0.2, 0) is 4.74 Å². The number of nitrogens with two attached hydrogens (primary N) is 2. The smallest absolute Gasteiger partial charge is 0.0594 e. The molecule has 1 saturated heterocycles. The van der Waals surface area contributed by atoms with Crippen LogP contribution >= 0.6 is 0 Å². The molecule has 4 heteroatoms. The molecule has 0 aromatic heterocycles. The summed E-state index contributed by atoms with van der Waals surface area (Å²) in [5.41, 5.74) is 12.7. The predicted molar refractivity (Wildman–Crippen MR) is 69.4 cm³/mol. The number of rotatable bonds is 4. The van der Waals surface area contributed by atoms with Crippen molar-refractivity contribution in [1.29, 1.82) is 0 Å². The molecule has 17 heavy (non-hydrogen) atoms. The molecule has 1 heterocycles.